The third-order valence-electron chi connectivity index (χ3n) is 3.72. The van der Waals surface area contributed by atoms with Crippen molar-refractivity contribution in [3.63, 3.8) is 0 Å². The van der Waals surface area contributed by atoms with E-state index in [0.29, 0.717) is 17.0 Å². The molecule has 0 aliphatic carbocycles. The predicted octanol–water partition coefficient (Wildman–Crippen LogP) is 2.76. The second kappa shape index (κ2) is 8.46. The molecule has 2 amide bonds. The molecular weight excluding hydrogens is 393 g/mol. The van der Waals surface area contributed by atoms with Gasteiger partial charge in [0.2, 0.25) is 11.7 Å². The highest BCUT2D eigenvalue weighted by molar-refractivity contribution is 5.96. The number of anilines is 1. The van der Waals surface area contributed by atoms with Gasteiger partial charge in [-0.25, -0.2) is 18.0 Å². The highest BCUT2D eigenvalue weighted by Crippen LogP contribution is 2.20. The fraction of sp³-hybridized carbons (Fsp3) is 0.105. The zero-order valence-corrected chi connectivity index (χ0v) is 14.6. The van der Waals surface area contributed by atoms with Crippen LogP contribution in [0.25, 0.3) is 11.0 Å². The molecule has 0 aliphatic rings. The van der Waals surface area contributed by atoms with Crippen molar-refractivity contribution in [1.29, 1.82) is 0 Å². The van der Waals surface area contributed by atoms with Crippen molar-refractivity contribution in [1.82, 2.24) is 5.32 Å². The molecule has 150 valence electrons. The highest BCUT2D eigenvalue weighted by Gasteiger charge is 2.17. The van der Waals surface area contributed by atoms with E-state index in [2.05, 4.69) is 5.32 Å². The molecule has 3 aromatic rings. The molecule has 0 radical (unpaired) electrons. The summed E-state index contributed by atoms with van der Waals surface area (Å²) in [6.45, 7) is -1.30. The van der Waals surface area contributed by atoms with Crippen LogP contribution in [-0.2, 0) is 14.3 Å². The topological polar surface area (TPSA) is 97.6 Å². The number of furan rings is 1. The van der Waals surface area contributed by atoms with E-state index < -0.39 is 54.1 Å². The highest BCUT2D eigenvalue weighted by atomic mass is 19.2. The van der Waals surface area contributed by atoms with Crippen molar-refractivity contribution in [2.24, 2.45) is 0 Å². The normalized spacial score (nSPS) is 10.6. The minimum atomic E-state index is -1.73. The van der Waals surface area contributed by atoms with Crippen molar-refractivity contribution >= 4 is 34.4 Å². The van der Waals surface area contributed by atoms with Crippen LogP contribution in [0.1, 0.15) is 10.6 Å². The first-order valence-electron chi connectivity index (χ1n) is 8.21. The number of hydrogen-bond donors (Lipinski definition) is 2. The van der Waals surface area contributed by atoms with Gasteiger partial charge >= 0.3 is 5.97 Å². The molecule has 0 saturated heterocycles. The Balaban J connectivity index is 1.46. The average Bonchev–Trinajstić information content (AvgIpc) is 3.15. The number of nitrogens with one attached hydrogen (secondary N) is 2. The van der Waals surface area contributed by atoms with Crippen molar-refractivity contribution < 1.29 is 36.7 Å². The van der Waals surface area contributed by atoms with Crippen LogP contribution in [0.15, 0.2) is 46.9 Å². The smallest absolute Gasteiger partial charge is 0.374 e. The van der Waals surface area contributed by atoms with Gasteiger partial charge in [0.25, 0.3) is 5.91 Å². The van der Waals surface area contributed by atoms with E-state index in [0.717, 1.165) is 6.07 Å². The number of carbonyl (C=O) groups is 3. The Bertz CT molecular complexity index is 1060. The van der Waals surface area contributed by atoms with Gasteiger partial charge in [0.15, 0.2) is 24.1 Å². The summed E-state index contributed by atoms with van der Waals surface area (Å²) in [5.74, 6) is -7.37. The lowest BCUT2D eigenvalue weighted by Crippen LogP contribution is -2.35. The van der Waals surface area contributed by atoms with Gasteiger partial charge in [-0.2, -0.15) is 0 Å². The number of esters is 1. The lowest BCUT2D eigenvalue weighted by Gasteiger charge is -2.08. The molecule has 7 nitrogen and oxygen atoms in total. The van der Waals surface area contributed by atoms with Gasteiger partial charge in [-0.1, -0.05) is 18.2 Å². The SMILES string of the molecule is O=C(COC(=O)c1cc2ccccc2o1)NCC(=O)Nc1ccc(F)c(F)c1F. The molecule has 29 heavy (non-hydrogen) atoms. The van der Waals surface area contributed by atoms with E-state index in [4.69, 9.17) is 9.15 Å². The summed E-state index contributed by atoms with van der Waals surface area (Å²) >= 11 is 0. The van der Waals surface area contributed by atoms with E-state index in [-0.39, 0.29) is 5.76 Å². The zero-order valence-electron chi connectivity index (χ0n) is 14.6. The quantitative estimate of drug-likeness (QED) is 0.485. The number of ether oxygens (including phenoxy) is 1. The Morgan fingerprint density at radius 3 is 2.48 bits per heavy atom. The molecule has 0 spiro atoms. The second-order valence-electron chi connectivity index (χ2n) is 5.77. The molecule has 3 rings (SSSR count). The number of hydrogen-bond acceptors (Lipinski definition) is 5. The molecule has 2 aromatic carbocycles. The summed E-state index contributed by atoms with van der Waals surface area (Å²) in [4.78, 5) is 35.3. The summed E-state index contributed by atoms with van der Waals surface area (Å²) < 4.78 is 49.5. The van der Waals surface area contributed by atoms with Gasteiger partial charge in [-0.05, 0) is 24.3 Å². The summed E-state index contributed by atoms with van der Waals surface area (Å²) in [5.41, 5.74) is -0.107. The zero-order chi connectivity index (χ0) is 21.0. The first kappa shape index (κ1) is 19.9. The lowest BCUT2D eigenvalue weighted by atomic mass is 10.2. The maximum Gasteiger partial charge on any atom is 0.374 e. The molecule has 1 heterocycles. The Morgan fingerprint density at radius 2 is 1.72 bits per heavy atom. The fourth-order valence-corrected chi connectivity index (χ4v) is 2.33. The maximum atomic E-state index is 13.5. The first-order chi connectivity index (χ1) is 13.8. The molecule has 0 saturated carbocycles. The lowest BCUT2D eigenvalue weighted by molar-refractivity contribution is -0.126. The molecule has 0 unspecified atom stereocenters. The Kier molecular flexibility index (Phi) is 5.82. The first-order valence-corrected chi connectivity index (χ1v) is 8.21. The van der Waals surface area contributed by atoms with Crippen LogP contribution >= 0.6 is 0 Å². The van der Waals surface area contributed by atoms with Crippen molar-refractivity contribution in [2.45, 2.75) is 0 Å². The minimum Gasteiger partial charge on any atom is -0.450 e. The average molecular weight is 406 g/mol. The Hall–Kier alpha value is -3.82. The molecule has 1 aromatic heterocycles. The predicted molar refractivity (Wildman–Crippen MR) is 94.5 cm³/mol. The summed E-state index contributed by atoms with van der Waals surface area (Å²) in [6, 6.07) is 9.82. The molecule has 0 atom stereocenters. The van der Waals surface area contributed by atoms with Crippen molar-refractivity contribution in [3.05, 3.63) is 65.7 Å². The summed E-state index contributed by atoms with van der Waals surface area (Å²) in [6.07, 6.45) is 0. The van der Waals surface area contributed by atoms with E-state index in [1.54, 1.807) is 24.3 Å². The van der Waals surface area contributed by atoms with Gasteiger partial charge in [0.1, 0.15) is 5.58 Å². The molecule has 0 aliphatic heterocycles. The second-order valence-corrected chi connectivity index (χ2v) is 5.77. The van der Waals surface area contributed by atoms with Crippen LogP contribution in [0.3, 0.4) is 0 Å². The number of benzene rings is 2. The fourth-order valence-electron chi connectivity index (χ4n) is 2.33. The third-order valence-corrected chi connectivity index (χ3v) is 3.72. The van der Waals surface area contributed by atoms with E-state index in [9.17, 15) is 27.6 Å². The standard InChI is InChI=1S/C19H13F3N2O5/c20-11-5-6-12(18(22)17(11)21)24-15(25)8-23-16(26)9-28-19(27)14-7-10-3-1-2-4-13(10)29-14/h1-7H,8-9H2,(H,23,26)(H,24,25). The van der Waals surface area contributed by atoms with E-state index >= 15 is 0 Å². The van der Waals surface area contributed by atoms with Crippen LogP contribution in [-0.4, -0.2) is 30.9 Å². The van der Waals surface area contributed by atoms with Crippen LogP contribution in [0.4, 0.5) is 18.9 Å². The molecule has 10 heteroatoms. The van der Waals surface area contributed by atoms with Gasteiger partial charge in [-0.3, -0.25) is 9.59 Å². The number of carbonyl (C=O) groups excluding carboxylic acids is 3. The van der Waals surface area contributed by atoms with Crippen molar-refractivity contribution in [3.8, 4) is 0 Å². The number of amides is 2. The van der Waals surface area contributed by atoms with E-state index in [1.165, 1.54) is 6.07 Å². The summed E-state index contributed by atoms with van der Waals surface area (Å²) in [7, 11) is 0. The molecule has 2 N–H and O–H groups in total. The van der Waals surface area contributed by atoms with Gasteiger partial charge in [-0.15, -0.1) is 0 Å². The Labute approximate surface area is 161 Å². The number of rotatable bonds is 6. The number of fused-ring (bicyclic) bond motifs is 1. The number of halogens is 3. The maximum absolute atomic E-state index is 13.5. The van der Waals surface area contributed by atoms with Gasteiger partial charge < -0.3 is 19.8 Å². The van der Waals surface area contributed by atoms with Crippen LogP contribution in [0.5, 0.6) is 0 Å². The number of para-hydroxylation sites is 1. The summed E-state index contributed by atoms with van der Waals surface area (Å²) in [5, 5.41) is 4.80. The van der Waals surface area contributed by atoms with Crippen LogP contribution < -0.4 is 10.6 Å². The van der Waals surface area contributed by atoms with Crippen molar-refractivity contribution in [2.75, 3.05) is 18.5 Å². The Morgan fingerprint density at radius 1 is 0.966 bits per heavy atom. The van der Waals surface area contributed by atoms with E-state index in [1.807, 2.05) is 5.32 Å². The molecular formula is C19H13F3N2O5. The monoisotopic (exact) mass is 406 g/mol. The third kappa shape index (κ3) is 4.72. The van der Waals surface area contributed by atoms with Crippen LogP contribution in [0.2, 0.25) is 0 Å². The molecule has 0 bridgehead atoms. The van der Waals surface area contributed by atoms with Gasteiger partial charge in [0.05, 0.1) is 12.2 Å². The molecule has 0 fully saturated rings. The van der Waals surface area contributed by atoms with Crippen LogP contribution in [0, 0.1) is 17.5 Å². The minimum absolute atomic E-state index is 0.0921. The largest absolute Gasteiger partial charge is 0.450 e. The van der Waals surface area contributed by atoms with Gasteiger partial charge in [0, 0.05) is 5.39 Å².